The first-order chi connectivity index (χ1) is 11.7. The standard InChI is InChI=1S/C18H24N4O2/c1-2-18(14-23)8-10-21(11-9-18)17(24)16-13-22(20-19-16)12-15-6-4-3-5-7-15/h3-7,13,23H,2,8-12,14H2,1H3. The van der Waals surface area contributed by atoms with E-state index < -0.39 is 0 Å². The maximum Gasteiger partial charge on any atom is 0.276 e. The number of benzene rings is 1. The molecule has 6 heteroatoms. The molecule has 1 aromatic heterocycles. The van der Waals surface area contributed by atoms with Gasteiger partial charge in [0.25, 0.3) is 5.91 Å². The molecular weight excluding hydrogens is 304 g/mol. The molecule has 24 heavy (non-hydrogen) atoms. The van der Waals surface area contributed by atoms with Gasteiger partial charge >= 0.3 is 0 Å². The number of carbonyl (C=O) groups is 1. The average molecular weight is 328 g/mol. The Kier molecular flexibility index (Phi) is 4.94. The van der Waals surface area contributed by atoms with Crippen LogP contribution in [0.2, 0.25) is 0 Å². The molecule has 1 saturated heterocycles. The first-order valence-corrected chi connectivity index (χ1v) is 8.50. The zero-order valence-corrected chi connectivity index (χ0v) is 14.1. The smallest absolute Gasteiger partial charge is 0.276 e. The predicted molar refractivity (Wildman–Crippen MR) is 90.5 cm³/mol. The summed E-state index contributed by atoms with van der Waals surface area (Å²) in [6.07, 6.45) is 4.33. The number of nitrogens with zero attached hydrogens (tertiary/aromatic N) is 4. The van der Waals surface area contributed by atoms with Gasteiger partial charge in [-0.2, -0.15) is 0 Å². The number of rotatable bonds is 5. The Hall–Kier alpha value is -2.21. The van der Waals surface area contributed by atoms with E-state index in [1.165, 1.54) is 0 Å². The van der Waals surface area contributed by atoms with Gasteiger partial charge in [0.15, 0.2) is 5.69 Å². The Labute approximate surface area is 142 Å². The van der Waals surface area contributed by atoms with Gasteiger partial charge in [0, 0.05) is 19.7 Å². The molecule has 2 aromatic rings. The van der Waals surface area contributed by atoms with E-state index in [0.717, 1.165) is 24.8 Å². The van der Waals surface area contributed by atoms with Crippen LogP contribution in [0.4, 0.5) is 0 Å². The largest absolute Gasteiger partial charge is 0.396 e. The van der Waals surface area contributed by atoms with Crippen molar-refractivity contribution < 1.29 is 9.90 Å². The Balaban J connectivity index is 1.62. The van der Waals surface area contributed by atoms with Crippen molar-refractivity contribution in [3.05, 3.63) is 47.8 Å². The molecule has 1 fully saturated rings. The lowest BCUT2D eigenvalue weighted by molar-refractivity contribution is 0.0334. The second-order valence-electron chi connectivity index (χ2n) is 6.59. The zero-order chi connectivity index (χ0) is 17.0. The highest BCUT2D eigenvalue weighted by atomic mass is 16.3. The maximum absolute atomic E-state index is 12.6. The molecule has 6 nitrogen and oxygen atoms in total. The highest BCUT2D eigenvalue weighted by Gasteiger charge is 2.34. The normalized spacial score (nSPS) is 17.0. The number of aromatic nitrogens is 3. The minimum atomic E-state index is -0.0723. The molecule has 0 aliphatic carbocycles. The molecule has 1 aliphatic rings. The lowest BCUT2D eigenvalue weighted by Crippen LogP contribution is -2.44. The van der Waals surface area contributed by atoms with Crippen LogP contribution in [0.1, 0.15) is 42.2 Å². The maximum atomic E-state index is 12.6. The third-order valence-corrected chi connectivity index (χ3v) is 5.14. The van der Waals surface area contributed by atoms with Crippen molar-refractivity contribution in [1.82, 2.24) is 19.9 Å². The second kappa shape index (κ2) is 7.13. The lowest BCUT2D eigenvalue weighted by Gasteiger charge is -2.39. The Bertz CT molecular complexity index is 669. The fraction of sp³-hybridized carbons (Fsp3) is 0.500. The molecule has 2 heterocycles. The number of hydrogen-bond acceptors (Lipinski definition) is 4. The van der Waals surface area contributed by atoms with Gasteiger partial charge in [0.2, 0.25) is 0 Å². The van der Waals surface area contributed by atoms with Crippen LogP contribution in [0.25, 0.3) is 0 Å². The van der Waals surface area contributed by atoms with Crippen LogP contribution in [-0.4, -0.2) is 50.6 Å². The number of aliphatic hydroxyl groups excluding tert-OH is 1. The predicted octanol–water partition coefficient (Wildman–Crippen LogP) is 1.95. The van der Waals surface area contributed by atoms with Gasteiger partial charge in [-0.25, -0.2) is 4.68 Å². The summed E-state index contributed by atoms with van der Waals surface area (Å²) in [5, 5.41) is 17.7. The molecule has 0 unspecified atom stereocenters. The van der Waals surface area contributed by atoms with E-state index >= 15 is 0 Å². The molecule has 1 aromatic carbocycles. The first kappa shape index (κ1) is 16.6. The van der Waals surface area contributed by atoms with E-state index in [1.54, 1.807) is 10.9 Å². The van der Waals surface area contributed by atoms with Crippen LogP contribution in [0.15, 0.2) is 36.5 Å². The van der Waals surface area contributed by atoms with Crippen molar-refractivity contribution >= 4 is 5.91 Å². The monoisotopic (exact) mass is 328 g/mol. The zero-order valence-electron chi connectivity index (χ0n) is 14.1. The molecule has 1 N–H and O–H groups in total. The summed E-state index contributed by atoms with van der Waals surface area (Å²) in [7, 11) is 0. The molecular formula is C18H24N4O2. The fourth-order valence-corrected chi connectivity index (χ4v) is 3.21. The summed E-state index contributed by atoms with van der Waals surface area (Å²) >= 11 is 0. The second-order valence-corrected chi connectivity index (χ2v) is 6.59. The highest BCUT2D eigenvalue weighted by molar-refractivity contribution is 5.92. The summed E-state index contributed by atoms with van der Waals surface area (Å²) in [5.41, 5.74) is 1.48. The Morgan fingerprint density at radius 3 is 2.58 bits per heavy atom. The van der Waals surface area contributed by atoms with E-state index in [4.69, 9.17) is 0 Å². The lowest BCUT2D eigenvalue weighted by atomic mass is 9.77. The van der Waals surface area contributed by atoms with Crippen molar-refractivity contribution in [2.75, 3.05) is 19.7 Å². The van der Waals surface area contributed by atoms with E-state index in [9.17, 15) is 9.90 Å². The molecule has 1 aliphatic heterocycles. The Morgan fingerprint density at radius 2 is 1.96 bits per heavy atom. The SMILES string of the molecule is CCC1(CO)CCN(C(=O)c2cn(Cc3ccccc3)nn2)CC1. The third kappa shape index (κ3) is 3.48. The minimum absolute atomic E-state index is 0.0261. The summed E-state index contributed by atoms with van der Waals surface area (Å²) in [6.45, 7) is 4.23. The van der Waals surface area contributed by atoms with Gasteiger partial charge in [0.05, 0.1) is 12.7 Å². The number of hydrogen-bond donors (Lipinski definition) is 1. The molecule has 0 radical (unpaired) electrons. The van der Waals surface area contributed by atoms with Crippen molar-refractivity contribution in [2.45, 2.75) is 32.7 Å². The quantitative estimate of drug-likeness (QED) is 0.911. The van der Waals surface area contributed by atoms with E-state index in [0.29, 0.717) is 25.3 Å². The van der Waals surface area contributed by atoms with Crippen LogP contribution in [0, 0.1) is 5.41 Å². The first-order valence-electron chi connectivity index (χ1n) is 8.50. The fourth-order valence-electron chi connectivity index (χ4n) is 3.21. The van der Waals surface area contributed by atoms with E-state index in [-0.39, 0.29) is 17.9 Å². The molecule has 128 valence electrons. The van der Waals surface area contributed by atoms with E-state index in [2.05, 4.69) is 17.2 Å². The molecule has 0 spiro atoms. The average Bonchev–Trinajstić information content (AvgIpc) is 3.10. The van der Waals surface area contributed by atoms with Gasteiger partial charge in [-0.05, 0) is 30.2 Å². The molecule has 0 bridgehead atoms. The van der Waals surface area contributed by atoms with Crippen molar-refractivity contribution in [3.8, 4) is 0 Å². The van der Waals surface area contributed by atoms with Crippen molar-refractivity contribution in [3.63, 3.8) is 0 Å². The molecule has 0 saturated carbocycles. The molecule has 0 atom stereocenters. The van der Waals surface area contributed by atoms with Crippen molar-refractivity contribution in [1.29, 1.82) is 0 Å². The van der Waals surface area contributed by atoms with Crippen LogP contribution in [0.5, 0.6) is 0 Å². The number of aliphatic hydroxyl groups is 1. The summed E-state index contributed by atoms with van der Waals surface area (Å²) in [6, 6.07) is 9.97. The van der Waals surface area contributed by atoms with Crippen LogP contribution in [-0.2, 0) is 6.54 Å². The Morgan fingerprint density at radius 1 is 1.25 bits per heavy atom. The number of piperidine rings is 1. The van der Waals surface area contributed by atoms with Gasteiger partial charge in [-0.1, -0.05) is 42.5 Å². The van der Waals surface area contributed by atoms with E-state index in [1.807, 2.05) is 35.2 Å². The molecule has 1 amide bonds. The summed E-state index contributed by atoms with van der Waals surface area (Å²) < 4.78 is 1.69. The summed E-state index contributed by atoms with van der Waals surface area (Å²) in [4.78, 5) is 14.4. The van der Waals surface area contributed by atoms with Crippen LogP contribution < -0.4 is 0 Å². The number of carbonyl (C=O) groups excluding carboxylic acids is 1. The van der Waals surface area contributed by atoms with Crippen LogP contribution >= 0.6 is 0 Å². The molecule has 3 rings (SSSR count). The minimum Gasteiger partial charge on any atom is -0.396 e. The van der Waals surface area contributed by atoms with Gasteiger partial charge < -0.3 is 10.0 Å². The van der Waals surface area contributed by atoms with Gasteiger partial charge in [0.1, 0.15) is 0 Å². The third-order valence-electron chi connectivity index (χ3n) is 5.14. The van der Waals surface area contributed by atoms with Crippen LogP contribution in [0.3, 0.4) is 0 Å². The van der Waals surface area contributed by atoms with Gasteiger partial charge in [-0.15, -0.1) is 5.10 Å². The number of likely N-dealkylation sites (tertiary alicyclic amines) is 1. The summed E-state index contributed by atoms with van der Waals surface area (Å²) in [5.74, 6) is -0.0723. The number of amides is 1. The highest BCUT2D eigenvalue weighted by Crippen LogP contribution is 2.34. The topological polar surface area (TPSA) is 71.2 Å². The van der Waals surface area contributed by atoms with Gasteiger partial charge in [-0.3, -0.25) is 4.79 Å². The van der Waals surface area contributed by atoms with Crippen molar-refractivity contribution in [2.24, 2.45) is 5.41 Å².